The number of nitrogens with zero attached hydrogens (tertiary/aromatic N) is 1. The van der Waals surface area contributed by atoms with Gasteiger partial charge < -0.3 is 22.1 Å². The number of hydrogen-bond acceptors (Lipinski definition) is 4. The lowest BCUT2D eigenvalue weighted by atomic mass is 10.1. The molecule has 0 atom stereocenters. The topological polar surface area (TPSA) is 137 Å². The Morgan fingerprint density at radius 3 is 2.38 bits per heavy atom. The maximum Gasteiger partial charge on any atom is 0.326 e. The number of nitrogen functional groups attached to an aromatic ring is 2. The number of carbonyl (C=O) groups is 2. The molecule has 0 aliphatic rings. The Morgan fingerprint density at radius 2 is 1.79 bits per heavy atom. The van der Waals surface area contributed by atoms with Gasteiger partial charge in [0.1, 0.15) is 5.84 Å². The molecule has 2 aromatic rings. The van der Waals surface area contributed by atoms with Gasteiger partial charge in [-0.2, -0.15) is 0 Å². The number of amidine groups is 1. The largest absolute Gasteiger partial charge is 0.399 e. The minimum atomic E-state index is -0.433. The smallest absolute Gasteiger partial charge is 0.326 e. The van der Waals surface area contributed by atoms with Crippen molar-refractivity contribution in [2.45, 2.75) is 20.4 Å². The van der Waals surface area contributed by atoms with Crippen molar-refractivity contribution in [2.75, 3.05) is 17.2 Å². The van der Waals surface area contributed by atoms with Crippen LogP contribution in [-0.4, -0.2) is 24.3 Å². The summed E-state index contributed by atoms with van der Waals surface area (Å²) < 4.78 is 0. The lowest BCUT2D eigenvalue weighted by molar-refractivity contribution is -0.120. The molecular formula is C21H26N6O2. The highest BCUT2D eigenvalue weighted by Gasteiger charge is 2.15. The van der Waals surface area contributed by atoms with E-state index in [0.29, 0.717) is 23.5 Å². The molecule has 0 aromatic heterocycles. The van der Waals surface area contributed by atoms with Gasteiger partial charge in [0, 0.05) is 24.0 Å². The molecule has 0 heterocycles. The van der Waals surface area contributed by atoms with Crippen LogP contribution in [0.2, 0.25) is 0 Å². The minimum absolute atomic E-state index is 0.00982. The number of urea groups is 1. The number of nitrogens with one attached hydrogen (secondary N) is 3. The van der Waals surface area contributed by atoms with Crippen molar-refractivity contribution in [1.82, 2.24) is 10.6 Å². The fraction of sp³-hybridized carbons (Fsp3) is 0.190. The molecule has 152 valence electrons. The van der Waals surface area contributed by atoms with E-state index in [-0.39, 0.29) is 18.3 Å². The van der Waals surface area contributed by atoms with Gasteiger partial charge in [-0.25, -0.2) is 4.79 Å². The van der Waals surface area contributed by atoms with Gasteiger partial charge in [0.05, 0.1) is 12.2 Å². The van der Waals surface area contributed by atoms with Gasteiger partial charge >= 0.3 is 6.03 Å². The molecular weight excluding hydrogens is 368 g/mol. The Labute approximate surface area is 170 Å². The predicted octanol–water partition coefficient (Wildman–Crippen LogP) is 2.31. The van der Waals surface area contributed by atoms with E-state index in [9.17, 15) is 9.59 Å². The van der Waals surface area contributed by atoms with E-state index in [0.717, 1.165) is 11.1 Å². The lowest BCUT2D eigenvalue weighted by Crippen LogP contribution is -2.42. The van der Waals surface area contributed by atoms with Crippen LogP contribution in [0, 0.1) is 5.41 Å². The molecule has 0 fully saturated rings. The van der Waals surface area contributed by atoms with Crippen LogP contribution in [0.4, 0.5) is 16.2 Å². The zero-order valence-electron chi connectivity index (χ0n) is 16.5. The number of allylic oxidation sites excluding steroid dienone is 1. The van der Waals surface area contributed by atoms with E-state index in [2.05, 4.69) is 10.6 Å². The molecule has 29 heavy (non-hydrogen) atoms. The van der Waals surface area contributed by atoms with E-state index in [4.69, 9.17) is 16.9 Å². The Morgan fingerprint density at radius 1 is 1.10 bits per heavy atom. The number of hydrogen-bond donors (Lipinski definition) is 5. The second-order valence-electron chi connectivity index (χ2n) is 6.72. The Bertz CT molecular complexity index is 917. The van der Waals surface area contributed by atoms with Crippen LogP contribution in [-0.2, 0) is 11.3 Å². The zero-order valence-corrected chi connectivity index (χ0v) is 16.5. The maximum absolute atomic E-state index is 12.6. The Hall–Kier alpha value is -3.81. The SMILES string of the molecule is CC(C)=CN(C(=O)NCC(=O)NCc1ccc(C(=N)N)cc1)c1cccc(N)c1. The first kappa shape index (κ1) is 21.5. The molecule has 0 unspecified atom stereocenters. The molecule has 8 nitrogen and oxygen atoms in total. The van der Waals surface area contributed by atoms with Crippen molar-refractivity contribution in [2.24, 2.45) is 5.73 Å². The molecule has 8 heteroatoms. The molecule has 0 aliphatic carbocycles. The van der Waals surface area contributed by atoms with E-state index in [1.165, 1.54) is 4.90 Å². The van der Waals surface area contributed by atoms with Crippen molar-refractivity contribution in [3.8, 4) is 0 Å². The summed E-state index contributed by atoms with van der Waals surface area (Å²) in [5, 5.41) is 12.7. The van der Waals surface area contributed by atoms with Gasteiger partial charge in [-0.1, -0.05) is 35.9 Å². The maximum atomic E-state index is 12.6. The molecule has 3 amide bonds. The van der Waals surface area contributed by atoms with Crippen LogP contribution >= 0.6 is 0 Å². The number of rotatable bonds is 7. The Balaban J connectivity index is 1.92. The van der Waals surface area contributed by atoms with Gasteiger partial charge in [-0.15, -0.1) is 0 Å². The number of benzene rings is 2. The zero-order chi connectivity index (χ0) is 21.4. The number of anilines is 2. The normalized spacial score (nSPS) is 10.0. The summed E-state index contributed by atoms with van der Waals surface area (Å²) >= 11 is 0. The van der Waals surface area contributed by atoms with Crippen LogP contribution in [0.1, 0.15) is 25.0 Å². The number of nitrogens with two attached hydrogens (primary N) is 2. The molecule has 2 aromatic carbocycles. The highest BCUT2D eigenvalue weighted by molar-refractivity contribution is 5.96. The fourth-order valence-electron chi connectivity index (χ4n) is 2.49. The predicted molar refractivity (Wildman–Crippen MR) is 115 cm³/mol. The summed E-state index contributed by atoms with van der Waals surface area (Å²) in [6.07, 6.45) is 1.68. The van der Waals surface area contributed by atoms with Crippen molar-refractivity contribution in [3.63, 3.8) is 0 Å². The summed E-state index contributed by atoms with van der Waals surface area (Å²) in [5.41, 5.74) is 14.8. The van der Waals surface area contributed by atoms with Crippen LogP contribution in [0.25, 0.3) is 0 Å². The quantitative estimate of drug-likeness (QED) is 0.279. The average molecular weight is 394 g/mol. The number of carbonyl (C=O) groups excluding carboxylic acids is 2. The molecule has 0 spiro atoms. The van der Waals surface area contributed by atoms with Gasteiger partial charge in [0.2, 0.25) is 5.91 Å². The van der Waals surface area contributed by atoms with Gasteiger partial charge in [0.15, 0.2) is 0 Å². The highest BCUT2D eigenvalue weighted by atomic mass is 16.2. The third-order valence-corrected chi connectivity index (χ3v) is 3.91. The molecule has 2 rings (SSSR count). The summed E-state index contributed by atoms with van der Waals surface area (Å²) in [4.78, 5) is 26.1. The molecule has 0 aliphatic heterocycles. The van der Waals surface area contributed by atoms with Crippen LogP contribution in [0.15, 0.2) is 60.3 Å². The first-order valence-electron chi connectivity index (χ1n) is 9.04. The first-order valence-corrected chi connectivity index (χ1v) is 9.04. The van der Waals surface area contributed by atoms with Crippen LogP contribution in [0.3, 0.4) is 0 Å². The number of amides is 3. The third kappa shape index (κ3) is 6.69. The van der Waals surface area contributed by atoms with Crippen molar-refractivity contribution in [3.05, 3.63) is 71.4 Å². The molecule has 0 saturated carbocycles. The third-order valence-electron chi connectivity index (χ3n) is 3.91. The standard InChI is InChI=1S/C21H26N6O2/c1-14(2)13-27(18-5-3-4-17(22)10-18)21(29)26-12-19(28)25-11-15-6-8-16(9-7-15)20(23)24/h3-10,13H,11-12,22H2,1-2H3,(H3,23,24)(H,25,28)(H,26,29). The highest BCUT2D eigenvalue weighted by Crippen LogP contribution is 2.19. The summed E-state index contributed by atoms with van der Waals surface area (Å²) in [5.74, 6) is -0.330. The summed E-state index contributed by atoms with van der Waals surface area (Å²) in [7, 11) is 0. The van der Waals surface area contributed by atoms with E-state index >= 15 is 0 Å². The summed E-state index contributed by atoms with van der Waals surface area (Å²) in [6.45, 7) is 3.88. The lowest BCUT2D eigenvalue weighted by Gasteiger charge is -2.20. The molecule has 0 saturated heterocycles. The van der Waals surface area contributed by atoms with E-state index in [1.807, 2.05) is 13.8 Å². The fourth-order valence-corrected chi connectivity index (χ4v) is 2.49. The van der Waals surface area contributed by atoms with Gasteiger partial charge in [0.25, 0.3) is 0 Å². The molecule has 0 bridgehead atoms. The molecule has 7 N–H and O–H groups in total. The molecule has 0 radical (unpaired) electrons. The first-order chi connectivity index (χ1) is 13.8. The van der Waals surface area contributed by atoms with Crippen molar-refractivity contribution in [1.29, 1.82) is 5.41 Å². The van der Waals surface area contributed by atoms with Gasteiger partial charge in [-0.3, -0.25) is 15.1 Å². The van der Waals surface area contributed by atoms with Crippen molar-refractivity contribution < 1.29 is 9.59 Å². The second-order valence-corrected chi connectivity index (χ2v) is 6.72. The minimum Gasteiger partial charge on any atom is -0.399 e. The second kappa shape index (κ2) is 9.93. The van der Waals surface area contributed by atoms with Crippen LogP contribution in [0.5, 0.6) is 0 Å². The van der Waals surface area contributed by atoms with E-state index < -0.39 is 6.03 Å². The van der Waals surface area contributed by atoms with Gasteiger partial charge in [-0.05, 0) is 37.6 Å². The van der Waals surface area contributed by atoms with Crippen LogP contribution < -0.4 is 27.0 Å². The van der Waals surface area contributed by atoms with E-state index in [1.54, 1.807) is 54.7 Å². The average Bonchev–Trinajstić information content (AvgIpc) is 2.68. The monoisotopic (exact) mass is 394 g/mol. The summed E-state index contributed by atoms with van der Waals surface area (Å²) in [6, 6.07) is 13.5. The van der Waals surface area contributed by atoms with Crippen molar-refractivity contribution >= 4 is 29.1 Å². The Kier molecular flexibility index (Phi) is 7.36.